The summed E-state index contributed by atoms with van der Waals surface area (Å²) in [5.74, 6) is -1.66. The van der Waals surface area contributed by atoms with Gasteiger partial charge in [0.15, 0.2) is 5.60 Å². The number of carbonyl (C=O) groups excluding carboxylic acids is 1. The molecule has 0 saturated carbocycles. The zero-order chi connectivity index (χ0) is 24.2. The van der Waals surface area contributed by atoms with E-state index < -0.39 is 17.5 Å². The molecule has 0 unspecified atom stereocenters. The fourth-order valence-electron chi connectivity index (χ4n) is 3.78. The van der Waals surface area contributed by atoms with E-state index in [9.17, 15) is 15.0 Å². The number of carbonyl (C=O) groups is 2. The highest BCUT2D eigenvalue weighted by Gasteiger charge is 2.56. The van der Waals surface area contributed by atoms with E-state index in [2.05, 4.69) is 0 Å². The van der Waals surface area contributed by atoms with Gasteiger partial charge in [0.1, 0.15) is 23.0 Å². The topological polar surface area (TPSA) is 113 Å². The van der Waals surface area contributed by atoms with Gasteiger partial charge >= 0.3 is 5.97 Å². The Bertz CT molecular complexity index is 1290. The maximum absolute atomic E-state index is 12.9. The van der Waals surface area contributed by atoms with Crippen molar-refractivity contribution < 1.29 is 34.4 Å². The second-order valence-corrected chi connectivity index (χ2v) is 8.70. The van der Waals surface area contributed by atoms with Gasteiger partial charge in [-0.25, -0.2) is 4.79 Å². The van der Waals surface area contributed by atoms with Gasteiger partial charge in [-0.15, -0.1) is 0 Å². The van der Waals surface area contributed by atoms with Gasteiger partial charge in [-0.2, -0.15) is 0 Å². The van der Waals surface area contributed by atoms with Gasteiger partial charge in [0.2, 0.25) is 0 Å². The van der Waals surface area contributed by atoms with Crippen molar-refractivity contribution in [2.24, 2.45) is 0 Å². The minimum Gasteiger partial charge on any atom is -0.506 e. The first-order valence-electron chi connectivity index (χ1n) is 9.12. The summed E-state index contributed by atoms with van der Waals surface area (Å²) in [5, 5.41) is 28.0. The van der Waals surface area contributed by atoms with Crippen LogP contribution in [0.1, 0.15) is 34.0 Å². The quantitative estimate of drug-likeness (QED) is 0.290. The Morgan fingerprint density at radius 1 is 0.848 bits per heavy atom. The van der Waals surface area contributed by atoms with Crippen molar-refractivity contribution in [3.63, 3.8) is 0 Å². The lowest BCUT2D eigenvalue weighted by Crippen LogP contribution is -2.33. The number of rotatable bonds is 0. The zero-order valence-corrected chi connectivity index (χ0v) is 19.5. The van der Waals surface area contributed by atoms with Crippen molar-refractivity contribution in [1.82, 2.24) is 0 Å². The minimum atomic E-state index is -1.59. The van der Waals surface area contributed by atoms with Crippen molar-refractivity contribution in [2.45, 2.75) is 12.5 Å². The van der Waals surface area contributed by atoms with Crippen molar-refractivity contribution in [2.75, 3.05) is 0 Å². The molecule has 0 aliphatic carbocycles. The molecule has 3 N–H and O–H groups in total. The summed E-state index contributed by atoms with van der Waals surface area (Å²) in [5.41, 5.74) is -0.541. The Labute approximate surface area is 206 Å². The lowest BCUT2D eigenvalue weighted by molar-refractivity contribution is -0.134. The average molecular weight is 530 g/mol. The number of fused-ring (bicyclic) bond motifs is 6. The Balaban J connectivity index is 0.000000601. The molecule has 2 aliphatic rings. The number of phenols is 2. The molecule has 33 heavy (non-hydrogen) atoms. The lowest BCUT2D eigenvalue weighted by atomic mass is 9.77. The lowest BCUT2D eigenvalue weighted by Gasteiger charge is -2.37. The number of carboxylic acids is 1. The smallest absolute Gasteiger partial charge is 0.341 e. The van der Waals surface area contributed by atoms with Crippen LogP contribution in [-0.4, -0.2) is 27.3 Å². The summed E-state index contributed by atoms with van der Waals surface area (Å²) in [6, 6.07) is 8.48. The van der Waals surface area contributed by atoms with Crippen LogP contribution in [0.25, 0.3) is 0 Å². The Morgan fingerprint density at radius 3 is 1.79 bits per heavy atom. The highest BCUT2D eigenvalue weighted by molar-refractivity contribution is 6.37. The van der Waals surface area contributed by atoms with E-state index in [1.165, 1.54) is 30.3 Å². The third kappa shape index (κ3) is 3.61. The summed E-state index contributed by atoms with van der Waals surface area (Å²) in [4.78, 5) is 21.9. The molecular formula is C22H12Cl4O7. The van der Waals surface area contributed by atoms with Crippen molar-refractivity contribution in [3.05, 3.63) is 78.7 Å². The number of aliphatic carboxylic acids is 1. The highest BCUT2D eigenvalue weighted by atomic mass is 35.5. The molecule has 0 fully saturated rings. The molecule has 0 radical (unpaired) electrons. The van der Waals surface area contributed by atoms with E-state index in [1.807, 2.05) is 0 Å². The SMILES string of the molecule is CC(=O)O.O=C1OC2(c3cc(Cl)c(O)cc3Oc3cc(O)c(Cl)cc32)c2c(Cl)ccc(Cl)c21. The molecule has 11 heteroatoms. The maximum atomic E-state index is 12.9. The number of aromatic hydroxyl groups is 2. The largest absolute Gasteiger partial charge is 0.506 e. The van der Waals surface area contributed by atoms with E-state index in [4.69, 9.17) is 65.8 Å². The molecule has 0 atom stereocenters. The monoisotopic (exact) mass is 528 g/mol. The van der Waals surface area contributed by atoms with Crippen LogP contribution in [-0.2, 0) is 15.1 Å². The van der Waals surface area contributed by atoms with E-state index in [-0.39, 0.29) is 48.7 Å². The van der Waals surface area contributed by atoms with Gasteiger partial charge in [0.05, 0.1) is 20.6 Å². The normalized spacial score (nSPS) is 14.3. The molecule has 5 rings (SSSR count). The molecule has 7 nitrogen and oxygen atoms in total. The molecule has 3 aromatic carbocycles. The van der Waals surface area contributed by atoms with Crippen LogP contribution in [0, 0.1) is 0 Å². The molecule has 2 heterocycles. The predicted molar refractivity (Wildman–Crippen MR) is 121 cm³/mol. The number of hydrogen-bond donors (Lipinski definition) is 3. The summed E-state index contributed by atoms with van der Waals surface area (Å²) < 4.78 is 11.7. The molecular weight excluding hydrogens is 518 g/mol. The van der Waals surface area contributed by atoms with Gasteiger partial charge in [-0.05, 0) is 24.3 Å². The van der Waals surface area contributed by atoms with Gasteiger partial charge in [0.25, 0.3) is 5.97 Å². The zero-order valence-electron chi connectivity index (χ0n) is 16.5. The molecule has 0 saturated heterocycles. The third-order valence-electron chi connectivity index (χ3n) is 4.98. The van der Waals surface area contributed by atoms with Crippen LogP contribution >= 0.6 is 46.4 Å². The third-order valence-corrected chi connectivity index (χ3v) is 6.22. The number of halogens is 4. The Hall–Kier alpha value is -2.84. The molecule has 0 aromatic heterocycles. The van der Waals surface area contributed by atoms with Crippen LogP contribution in [0.5, 0.6) is 23.0 Å². The van der Waals surface area contributed by atoms with Crippen LogP contribution < -0.4 is 4.74 Å². The molecule has 170 valence electrons. The van der Waals surface area contributed by atoms with Gasteiger partial charge in [-0.1, -0.05) is 46.4 Å². The summed E-state index contributed by atoms with van der Waals surface area (Å²) >= 11 is 25.1. The van der Waals surface area contributed by atoms with Gasteiger partial charge < -0.3 is 24.8 Å². The van der Waals surface area contributed by atoms with E-state index in [0.29, 0.717) is 16.7 Å². The molecule has 2 aliphatic heterocycles. The number of ether oxygens (including phenoxy) is 2. The fraction of sp³-hybridized carbons (Fsp3) is 0.0909. The second kappa shape index (κ2) is 8.18. The first-order valence-corrected chi connectivity index (χ1v) is 10.6. The highest BCUT2D eigenvalue weighted by Crippen LogP contribution is 2.60. The summed E-state index contributed by atoms with van der Waals surface area (Å²) in [6.07, 6.45) is 0. The summed E-state index contributed by atoms with van der Waals surface area (Å²) in [6.45, 7) is 1.08. The number of hydrogen-bond acceptors (Lipinski definition) is 6. The molecule has 0 amide bonds. The summed E-state index contributed by atoms with van der Waals surface area (Å²) in [7, 11) is 0. The first-order chi connectivity index (χ1) is 15.5. The number of phenolic OH excluding ortho intramolecular Hbond substituents is 2. The first kappa shape index (κ1) is 23.3. The van der Waals surface area contributed by atoms with E-state index in [0.717, 1.165) is 6.92 Å². The van der Waals surface area contributed by atoms with Gasteiger partial charge in [0, 0.05) is 40.8 Å². The number of esters is 1. The predicted octanol–water partition coefficient (Wildman–Crippen LogP) is 6.37. The average Bonchev–Trinajstić information content (AvgIpc) is 3.03. The molecule has 0 bridgehead atoms. The Kier molecular flexibility index (Phi) is 5.78. The van der Waals surface area contributed by atoms with Crippen LogP contribution in [0.3, 0.4) is 0 Å². The molecule has 1 spiro atoms. The van der Waals surface area contributed by atoms with E-state index in [1.54, 1.807) is 6.07 Å². The molecule has 3 aromatic rings. The number of carboxylic acid groups (broad SMARTS) is 1. The fourth-order valence-corrected chi connectivity index (χ4v) is 4.64. The second-order valence-electron chi connectivity index (χ2n) is 7.07. The van der Waals surface area contributed by atoms with Crippen molar-refractivity contribution in [1.29, 1.82) is 0 Å². The van der Waals surface area contributed by atoms with E-state index >= 15 is 0 Å². The van der Waals surface area contributed by atoms with Crippen LogP contribution in [0.15, 0.2) is 36.4 Å². The number of benzene rings is 3. The van der Waals surface area contributed by atoms with Crippen LogP contribution in [0.2, 0.25) is 20.1 Å². The van der Waals surface area contributed by atoms with Crippen LogP contribution in [0.4, 0.5) is 0 Å². The standard InChI is InChI=1S/C20H8Cl4O5.C2H4O2/c21-9-1-2-10(22)18-17(9)19(27)29-20(18)7-3-11(23)13(25)5-15(7)28-16-6-14(26)12(24)4-8(16)20;1-2(3)4/h1-6,25-26H;1H3,(H,3,4). The Morgan fingerprint density at radius 2 is 1.30 bits per heavy atom. The van der Waals surface area contributed by atoms with Crippen molar-refractivity contribution >= 4 is 58.3 Å². The maximum Gasteiger partial charge on any atom is 0.341 e. The van der Waals surface area contributed by atoms with Crippen molar-refractivity contribution in [3.8, 4) is 23.0 Å². The minimum absolute atomic E-state index is 0.0164. The van der Waals surface area contributed by atoms with Gasteiger partial charge in [-0.3, -0.25) is 4.79 Å².